The zero-order valence-corrected chi connectivity index (χ0v) is 74.6. The second-order valence-electron chi connectivity index (χ2n) is 34.8. The molecule has 24 nitrogen and oxygen atoms in total. The molecule has 0 saturated carbocycles. The molecule has 24 heteroatoms. The molecule has 126 heavy (non-hydrogen) atoms. The number of rotatable bonds is 20. The number of imidazole rings is 2. The molecule has 8 atom stereocenters. The van der Waals surface area contributed by atoms with Gasteiger partial charge >= 0.3 is 0 Å². The lowest BCUT2D eigenvalue weighted by molar-refractivity contribution is -0.191. The summed E-state index contributed by atoms with van der Waals surface area (Å²) < 4.78 is 66.0. The maximum atomic E-state index is 13.2. The number of pyridine rings is 4. The van der Waals surface area contributed by atoms with Crippen LogP contribution in [0.15, 0.2) is 207 Å². The van der Waals surface area contributed by atoms with Crippen LogP contribution in [0.5, 0.6) is 11.6 Å². The summed E-state index contributed by atoms with van der Waals surface area (Å²) in [4.78, 5) is 77.7. The van der Waals surface area contributed by atoms with E-state index in [9.17, 15) is 19.2 Å². The van der Waals surface area contributed by atoms with E-state index in [0.717, 1.165) is 125 Å². The molecule has 0 radical (unpaired) electrons. The van der Waals surface area contributed by atoms with Crippen LogP contribution in [0.1, 0.15) is 244 Å². The predicted molar refractivity (Wildman–Crippen MR) is 482 cm³/mol. The molecule has 8 saturated heterocycles. The first-order valence-electron chi connectivity index (χ1n) is 46.0. The average Bonchev–Trinajstić information content (AvgIpc) is 1.08. The minimum absolute atomic E-state index is 0.00187. The lowest BCUT2D eigenvalue weighted by Crippen LogP contribution is -2.52. The number of amides is 4. The van der Waals surface area contributed by atoms with E-state index in [1.54, 1.807) is 36.7 Å². The van der Waals surface area contributed by atoms with Crippen molar-refractivity contribution >= 4 is 34.9 Å². The fourth-order valence-corrected chi connectivity index (χ4v) is 19.8. The molecule has 4 spiro atoms. The van der Waals surface area contributed by atoms with Gasteiger partial charge in [0.15, 0.2) is 0 Å². The Labute approximate surface area is 741 Å². The highest BCUT2D eigenvalue weighted by Crippen LogP contribution is 2.49. The van der Waals surface area contributed by atoms with Gasteiger partial charge in [-0.05, 0) is 183 Å². The van der Waals surface area contributed by atoms with Crippen molar-refractivity contribution in [1.29, 1.82) is 0 Å². The molecule has 4 amide bonds. The Morgan fingerprint density at radius 2 is 0.738 bits per heavy atom. The normalized spacial score (nSPS) is 23.0. The summed E-state index contributed by atoms with van der Waals surface area (Å²) in [5, 5.41) is 0. The van der Waals surface area contributed by atoms with E-state index in [2.05, 4.69) is 131 Å². The monoisotopic (exact) mass is 1710 g/mol. The van der Waals surface area contributed by atoms with Gasteiger partial charge in [0.05, 0.1) is 90.6 Å². The summed E-state index contributed by atoms with van der Waals surface area (Å²) in [5.74, 6) is 1.03. The van der Waals surface area contributed by atoms with E-state index < -0.39 is 0 Å². The van der Waals surface area contributed by atoms with Gasteiger partial charge in [0, 0.05) is 161 Å². The highest BCUT2D eigenvalue weighted by atomic mass is 16.5. The van der Waals surface area contributed by atoms with Crippen LogP contribution < -0.4 is 9.47 Å². The number of aromatic nitrogens is 6. The summed E-state index contributed by atoms with van der Waals surface area (Å²) in [6, 6.07) is 56.7. The van der Waals surface area contributed by atoms with Gasteiger partial charge in [-0.1, -0.05) is 127 Å². The number of carbonyl (C=O) groups excluding carboxylic acids is 4. The van der Waals surface area contributed by atoms with Gasteiger partial charge in [0.25, 0.3) is 23.6 Å². The molecule has 18 rings (SSSR count). The molecule has 14 heterocycles. The van der Waals surface area contributed by atoms with Crippen molar-refractivity contribution in [3.05, 3.63) is 263 Å². The Morgan fingerprint density at radius 1 is 0.365 bits per heavy atom. The fraction of sp³-hybridized carbons (Fsp3) is 0.490. The van der Waals surface area contributed by atoms with E-state index >= 15 is 0 Å². The number of hydrogen-bond acceptors (Lipinski definition) is 18. The van der Waals surface area contributed by atoms with Gasteiger partial charge in [0.1, 0.15) is 39.7 Å². The highest BCUT2D eigenvalue weighted by Gasteiger charge is 2.50. The highest BCUT2D eigenvalue weighted by molar-refractivity contribution is 5.97. The molecule has 0 N–H and O–H groups in total. The molecule has 0 aliphatic carbocycles. The van der Waals surface area contributed by atoms with Crippen molar-refractivity contribution in [3.8, 4) is 11.6 Å². The SMILES string of the molecule is CCOC1CC(c2ccccc2)OC2(CCN(C(=O)c3cn4cc(C)ccc4n3)CC2)C1.CCOC1CC(c2ccccc2)OC2(CCN(C(=O)c3cn4ccc(C)cc4n3)CC2)C1.CCOc1ccc(C(=O)N2CCC3(CC2)CC(OCC)CC(c2ccccc2)O3)nc1.CCOc1ncccc1C(=O)N1CCC2(CC1)CC(OCC)CC(c1ccccc1)O2. The van der Waals surface area contributed by atoms with Crippen LogP contribution in [-0.4, -0.2) is 211 Å². The van der Waals surface area contributed by atoms with Gasteiger partial charge in [0.2, 0.25) is 5.88 Å². The van der Waals surface area contributed by atoms with Crippen LogP contribution in [0, 0.1) is 13.8 Å². The third-order valence-corrected chi connectivity index (χ3v) is 26.2. The maximum Gasteiger partial charge on any atom is 0.274 e. The van der Waals surface area contributed by atoms with E-state index in [0.29, 0.717) is 126 Å². The van der Waals surface area contributed by atoms with Crippen LogP contribution in [-0.2, 0) is 37.9 Å². The lowest BCUT2D eigenvalue weighted by Gasteiger charge is -2.48. The number of benzene rings is 4. The molecule has 8 aliphatic rings. The number of ether oxygens (including phenoxy) is 10. The molecule has 0 bridgehead atoms. The van der Waals surface area contributed by atoms with Crippen LogP contribution in [0.25, 0.3) is 11.3 Å². The summed E-state index contributed by atoms with van der Waals surface area (Å²) in [5.41, 5.74) is 9.68. The number of piperidine rings is 4. The quantitative estimate of drug-likeness (QED) is 0.0690. The second kappa shape index (κ2) is 42.1. The summed E-state index contributed by atoms with van der Waals surface area (Å²) in [6.07, 6.45) is 25.2. The van der Waals surface area contributed by atoms with E-state index in [-0.39, 0.29) is 94.9 Å². The van der Waals surface area contributed by atoms with Crippen molar-refractivity contribution in [2.45, 2.75) is 229 Å². The molecule has 10 aromatic rings. The number of fused-ring (bicyclic) bond motifs is 2. The van der Waals surface area contributed by atoms with E-state index in [4.69, 9.17) is 47.4 Å². The lowest BCUT2D eigenvalue weighted by atomic mass is 9.80. The van der Waals surface area contributed by atoms with Crippen molar-refractivity contribution in [3.63, 3.8) is 0 Å². The molecular weight excluding hydrogens is 1590 g/mol. The van der Waals surface area contributed by atoms with E-state index in [1.165, 1.54) is 22.3 Å². The Morgan fingerprint density at radius 3 is 1.11 bits per heavy atom. The van der Waals surface area contributed by atoms with Crippen LogP contribution in [0.3, 0.4) is 0 Å². The number of aryl methyl sites for hydroxylation is 2. The zero-order valence-electron chi connectivity index (χ0n) is 74.6. The van der Waals surface area contributed by atoms with Crippen molar-refractivity contribution in [2.75, 3.05) is 92.0 Å². The van der Waals surface area contributed by atoms with Gasteiger partial charge < -0.3 is 75.8 Å². The Hall–Kier alpha value is -10.3. The van der Waals surface area contributed by atoms with Gasteiger partial charge in [-0.3, -0.25) is 19.2 Å². The van der Waals surface area contributed by atoms with Crippen molar-refractivity contribution in [2.24, 2.45) is 0 Å². The van der Waals surface area contributed by atoms with Crippen LogP contribution in [0.2, 0.25) is 0 Å². The molecule has 4 aromatic carbocycles. The Kier molecular flexibility index (Phi) is 30.2. The summed E-state index contributed by atoms with van der Waals surface area (Å²) in [6.45, 7) is 25.3. The largest absolute Gasteiger partial charge is 0.492 e. The first kappa shape index (κ1) is 90.5. The average molecular weight is 1720 g/mol. The standard InChI is InChI=1S/2C26H31N3O3.2C25H32N2O4/c1-3-31-21-16-23(20-7-5-4-6-8-20)32-26(17-21)10-13-28(14-11-26)25(30)22-18-29-12-9-19(2)15-24(29)27-22;1-3-31-21-15-23(20-7-5-4-6-8-20)32-26(16-21)11-13-28(14-12-26)25(30)22-18-29-17-19(2)9-10-24(29)27-22;1-3-29-20-17-22(19-9-6-5-7-10-19)31-25(18-20)12-15-27(16-13-25)24(28)21-11-8-14-26-23(21)30-4-2;1-3-29-20-10-11-22(26-18-20)24(28)27-14-12-25(13-15-27)17-21(30-4-2)16-23(31-25)19-8-6-5-7-9-19/h4-9,12,15,18,21,23H,3,10-11,13-14,16-17H2,1-2H3;4-10,17-18,21,23H,3,11-16H2,1-2H3;5-11,14,20,22H,3-4,12-13,15-18H2,1-2H3;5-11,18,21,23H,3-4,12-17H2,1-2H3. The number of hydrogen-bond donors (Lipinski definition) is 0. The van der Waals surface area contributed by atoms with Gasteiger partial charge in [-0.2, -0.15) is 0 Å². The molecule has 8 fully saturated rings. The fourth-order valence-electron chi connectivity index (χ4n) is 19.8. The van der Waals surface area contributed by atoms with Crippen LogP contribution in [0.4, 0.5) is 0 Å². The van der Waals surface area contributed by atoms with Crippen LogP contribution >= 0.6 is 0 Å². The number of carbonyl (C=O) groups is 4. The Bertz CT molecular complexity index is 4990. The predicted octanol–water partition coefficient (Wildman–Crippen LogP) is 18.0. The van der Waals surface area contributed by atoms with Crippen molar-refractivity contribution in [1.82, 2.24) is 48.3 Å². The first-order chi connectivity index (χ1) is 61.4. The smallest absolute Gasteiger partial charge is 0.274 e. The molecular formula is C102H126N10O14. The summed E-state index contributed by atoms with van der Waals surface area (Å²) in [7, 11) is 0. The number of nitrogens with zero attached hydrogens (tertiary/aromatic N) is 10. The number of likely N-dealkylation sites (tertiary alicyclic amines) is 4. The van der Waals surface area contributed by atoms with E-state index in [1.807, 2.05) is 143 Å². The summed E-state index contributed by atoms with van der Waals surface area (Å²) >= 11 is 0. The molecule has 8 unspecified atom stereocenters. The molecule has 8 aliphatic heterocycles. The topological polar surface area (TPSA) is 234 Å². The maximum absolute atomic E-state index is 13.2. The molecule has 668 valence electrons. The third-order valence-electron chi connectivity index (χ3n) is 26.2. The zero-order chi connectivity index (χ0) is 87.6. The second-order valence-corrected chi connectivity index (χ2v) is 34.8. The minimum Gasteiger partial charge on any atom is -0.492 e. The van der Waals surface area contributed by atoms with Gasteiger partial charge in [-0.25, -0.2) is 19.9 Å². The van der Waals surface area contributed by atoms with Gasteiger partial charge in [-0.15, -0.1) is 0 Å². The first-order valence-corrected chi connectivity index (χ1v) is 46.0. The Balaban J connectivity index is 0.000000130. The third kappa shape index (κ3) is 22.3. The molecule has 6 aromatic heterocycles. The minimum atomic E-state index is -0.257. The van der Waals surface area contributed by atoms with Crippen molar-refractivity contribution < 1.29 is 66.5 Å².